The van der Waals surface area contributed by atoms with Crippen LogP contribution in [0.4, 0.5) is 0 Å². The van der Waals surface area contributed by atoms with Crippen molar-refractivity contribution in [1.82, 2.24) is 10.6 Å². The predicted octanol–water partition coefficient (Wildman–Crippen LogP) is -0.113. The zero-order valence-corrected chi connectivity index (χ0v) is 8.95. The van der Waals surface area contributed by atoms with Crippen molar-refractivity contribution in [3.63, 3.8) is 0 Å². The van der Waals surface area contributed by atoms with Gasteiger partial charge < -0.3 is 0 Å². The van der Waals surface area contributed by atoms with Crippen LogP contribution in [-0.2, 0) is 9.59 Å². The van der Waals surface area contributed by atoms with Gasteiger partial charge in [-0.1, -0.05) is 6.92 Å². The molecule has 2 amide bonds. The number of rotatable bonds is 0. The maximum atomic E-state index is 11.8. The van der Waals surface area contributed by atoms with Crippen LogP contribution in [0.5, 0.6) is 0 Å². The molecule has 0 aromatic heterocycles. The summed E-state index contributed by atoms with van der Waals surface area (Å²) in [4.78, 5) is 22.8. The van der Waals surface area contributed by atoms with Gasteiger partial charge in [-0.05, 0) is 18.6 Å². The summed E-state index contributed by atoms with van der Waals surface area (Å²) in [6.07, 6.45) is 1.86. The van der Waals surface area contributed by atoms with E-state index in [1.807, 2.05) is 6.92 Å². The van der Waals surface area contributed by atoms with E-state index in [0.717, 1.165) is 18.6 Å². The van der Waals surface area contributed by atoms with E-state index < -0.39 is 5.54 Å². The molecule has 2 fully saturated rings. The molecule has 78 valence electrons. The van der Waals surface area contributed by atoms with E-state index >= 15 is 0 Å². The molecule has 0 radical (unpaired) electrons. The minimum Gasteiger partial charge on any atom is -0.294 e. The van der Waals surface area contributed by atoms with Crippen LogP contribution < -0.4 is 10.6 Å². The summed E-state index contributed by atoms with van der Waals surface area (Å²) in [7, 11) is 0. The molecule has 2 unspecified atom stereocenters. The van der Waals surface area contributed by atoms with Crippen molar-refractivity contribution < 1.29 is 9.59 Å². The largest absolute Gasteiger partial charge is 0.294 e. The summed E-state index contributed by atoms with van der Waals surface area (Å²) < 4.78 is 0. The van der Waals surface area contributed by atoms with Crippen LogP contribution in [0.1, 0.15) is 19.8 Å². The Balaban J connectivity index is 2.20. The Labute approximate surface area is 87.2 Å². The molecular weight excluding hydrogens is 200 g/mol. The zero-order chi connectivity index (χ0) is 10.2. The number of nitrogens with one attached hydrogen (secondary N) is 2. The molecule has 1 spiro atoms. The van der Waals surface area contributed by atoms with Gasteiger partial charge in [-0.3, -0.25) is 20.2 Å². The summed E-state index contributed by atoms with van der Waals surface area (Å²) in [6.45, 7) is 2.31. The van der Waals surface area contributed by atoms with Crippen molar-refractivity contribution in [3.05, 3.63) is 0 Å². The monoisotopic (exact) mass is 214 g/mol. The molecule has 5 heteroatoms. The molecule has 2 rings (SSSR count). The molecule has 2 heterocycles. The van der Waals surface area contributed by atoms with E-state index in [-0.39, 0.29) is 23.6 Å². The van der Waals surface area contributed by atoms with E-state index in [9.17, 15) is 9.59 Å². The molecule has 0 bridgehead atoms. The number of piperazine rings is 1. The standard InChI is InChI=1S/C9H14N2O2S/c1-6-9(3-2-4-14-6)8(13)11-7(12)5-10-9/h6,10H,2-5H2,1H3,(H,11,12,13). The molecule has 2 aliphatic rings. The smallest absolute Gasteiger partial charge is 0.248 e. The van der Waals surface area contributed by atoms with Crippen molar-refractivity contribution in [2.45, 2.75) is 30.6 Å². The van der Waals surface area contributed by atoms with Crippen molar-refractivity contribution >= 4 is 23.6 Å². The number of hydrogen-bond acceptors (Lipinski definition) is 4. The Bertz CT molecular complexity index is 282. The summed E-state index contributed by atoms with van der Waals surface area (Å²) >= 11 is 1.79. The van der Waals surface area contributed by atoms with Crippen LogP contribution in [0.3, 0.4) is 0 Å². The first-order chi connectivity index (χ1) is 6.65. The summed E-state index contributed by atoms with van der Waals surface area (Å²) in [5, 5.41) is 5.76. The molecule has 0 aliphatic carbocycles. The SMILES string of the molecule is CC1SCCCC12NCC(=O)NC2=O. The normalized spacial score (nSPS) is 38.5. The van der Waals surface area contributed by atoms with Crippen LogP contribution >= 0.6 is 11.8 Å². The molecule has 2 atom stereocenters. The van der Waals surface area contributed by atoms with Gasteiger partial charge >= 0.3 is 0 Å². The summed E-state index contributed by atoms with van der Waals surface area (Å²) in [5.41, 5.74) is -0.503. The average Bonchev–Trinajstić information content (AvgIpc) is 2.15. The highest BCUT2D eigenvalue weighted by Crippen LogP contribution is 2.34. The highest BCUT2D eigenvalue weighted by Gasteiger charge is 2.48. The van der Waals surface area contributed by atoms with Gasteiger partial charge in [0, 0.05) is 5.25 Å². The fourth-order valence-electron chi connectivity index (χ4n) is 2.09. The van der Waals surface area contributed by atoms with Gasteiger partial charge in [0.05, 0.1) is 6.54 Å². The molecule has 2 N–H and O–H groups in total. The van der Waals surface area contributed by atoms with Gasteiger partial charge in [0.2, 0.25) is 11.8 Å². The quantitative estimate of drug-likeness (QED) is 0.552. The van der Waals surface area contributed by atoms with E-state index in [0.29, 0.717) is 0 Å². The van der Waals surface area contributed by atoms with Crippen molar-refractivity contribution in [1.29, 1.82) is 0 Å². The number of carbonyl (C=O) groups is 2. The van der Waals surface area contributed by atoms with E-state index in [2.05, 4.69) is 10.6 Å². The van der Waals surface area contributed by atoms with Gasteiger partial charge in [-0.2, -0.15) is 11.8 Å². The minimum atomic E-state index is -0.503. The molecule has 14 heavy (non-hydrogen) atoms. The fraction of sp³-hybridized carbons (Fsp3) is 0.778. The second-order valence-corrected chi connectivity index (χ2v) is 5.27. The van der Waals surface area contributed by atoms with Crippen molar-refractivity contribution in [3.8, 4) is 0 Å². The van der Waals surface area contributed by atoms with Crippen molar-refractivity contribution in [2.75, 3.05) is 12.3 Å². The van der Waals surface area contributed by atoms with E-state index in [4.69, 9.17) is 0 Å². The van der Waals surface area contributed by atoms with Gasteiger partial charge in [-0.15, -0.1) is 0 Å². The Morgan fingerprint density at radius 3 is 2.93 bits per heavy atom. The maximum absolute atomic E-state index is 11.8. The summed E-state index contributed by atoms with van der Waals surface area (Å²) in [6, 6.07) is 0. The molecule has 0 aromatic rings. The van der Waals surface area contributed by atoms with Crippen LogP contribution in [0.25, 0.3) is 0 Å². The second kappa shape index (κ2) is 3.55. The van der Waals surface area contributed by atoms with Crippen LogP contribution in [0.15, 0.2) is 0 Å². The molecule has 4 nitrogen and oxygen atoms in total. The molecular formula is C9H14N2O2S. The number of thioether (sulfide) groups is 1. The number of hydrogen-bond donors (Lipinski definition) is 2. The van der Waals surface area contributed by atoms with Gasteiger partial charge in [0.15, 0.2) is 0 Å². The van der Waals surface area contributed by atoms with Gasteiger partial charge in [0.1, 0.15) is 5.54 Å². The van der Waals surface area contributed by atoms with Crippen molar-refractivity contribution in [2.24, 2.45) is 0 Å². The van der Waals surface area contributed by atoms with E-state index in [1.165, 1.54) is 0 Å². The second-order valence-electron chi connectivity index (χ2n) is 3.82. The fourth-order valence-corrected chi connectivity index (χ4v) is 3.34. The highest BCUT2D eigenvalue weighted by atomic mass is 32.2. The zero-order valence-electron chi connectivity index (χ0n) is 8.13. The Hall–Kier alpha value is -0.550. The third-order valence-electron chi connectivity index (χ3n) is 3.00. The minimum absolute atomic E-state index is 0.145. The Morgan fingerprint density at radius 2 is 2.29 bits per heavy atom. The van der Waals surface area contributed by atoms with E-state index in [1.54, 1.807) is 11.8 Å². The lowest BCUT2D eigenvalue weighted by Crippen LogP contribution is -2.69. The Kier molecular flexibility index (Phi) is 2.53. The Morgan fingerprint density at radius 1 is 1.50 bits per heavy atom. The molecule has 0 saturated carbocycles. The number of carbonyl (C=O) groups excluding carboxylic acids is 2. The first-order valence-corrected chi connectivity index (χ1v) is 5.91. The van der Waals surface area contributed by atoms with Crippen LogP contribution in [0.2, 0.25) is 0 Å². The first-order valence-electron chi connectivity index (χ1n) is 4.86. The summed E-state index contributed by atoms with van der Waals surface area (Å²) in [5.74, 6) is 0.739. The number of imide groups is 1. The maximum Gasteiger partial charge on any atom is 0.248 e. The highest BCUT2D eigenvalue weighted by molar-refractivity contribution is 8.00. The van der Waals surface area contributed by atoms with Gasteiger partial charge in [0.25, 0.3) is 0 Å². The average molecular weight is 214 g/mol. The molecule has 0 aromatic carbocycles. The van der Waals surface area contributed by atoms with Crippen LogP contribution in [-0.4, -0.2) is 34.9 Å². The third kappa shape index (κ3) is 1.44. The third-order valence-corrected chi connectivity index (χ3v) is 4.43. The molecule has 2 aliphatic heterocycles. The van der Waals surface area contributed by atoms with Crippen LogP contribution in [0, 0.1) is 0 Å². The lowest BCUT2D eigenvalue weighted by atomic mass is 9.87. The lowest BCUT2D eigenvalue weighted by molar-refractivity contribution is -0.138. The van der Waals surface area contributed by atoms with Gasteiger partial charge in [-0.25, -0.2) is 0 Å². The lowest BCUT2D eigenvalue weighted by Gasteiger charge is -2.43. The molecule has 2 saturated heterocycles. The predicted molar refractivity (Wildman–Crippen MR) is 55.0 cm³/mol. The number of amides is 2. The topological polar surface area (TPSA) is 58.2 Å². The first kappa shape index (κ1) is 9.98.